The molecule has 0 aliphatic rings. The number of benzene rings is 1. The van der Waals surface area contributed by atoms with Gasteiger partial charge in [-0.1, -0.05) is 48.3 Å². The van der Waals surface area contributed by atoms with Crippen molar-refractivity contribution in [2.45, 2.75) is 26.3 Å². The summed E-state index contributed by atoms with van der Waals surface area (Å²) >= 11 is 12.0. The first-order chi connectivity index (χ1) is 13.1. The molecule has 0 unspecified atom stereocenters. The third kappa shape index (κ3) is 5.05. The van der Waals surface area contributed by atoms with Gasteiger partial charge in [0.05, 0.1) is 23.6 Å². The number of carbonyl (C=O) groups is 1. The Morgan fingerprint density at radius 2 is 1.96 bits per heavy atom. The van der Waals surface area contributed by atoms with Gasteiger partial charge in [-0.15, -0.1) is 10.2 Å². The van der Waals surface area contributed by atoms with E-state index >= 15 is 0 Å². The second kappa shape index (κ2) is 8.97. The Labute approximate surface area is 167 Å². The first kappa shape index (κ1) is 19.3. The molecular weight excluding hydrogens is 387 g/mol. The summed E-state index contributed by atoms with van der Waals surface area (Å²) in [6.07, 6.45) is 2.65. The van der Waals surface area contributed by atoms with E-state index in [0.717, 1.165) is 12.0 Å². The number of hydrogen-bond donors (Lipinski definition) is 0. The molecule has 27 heavy (non-hydrogen) atoms. The summed E-state index contributed by atoms with van der Waals surface area (Å²) in [5, 5.41) is 9.04. The summed E-state index contributed by atoms with van der Waals surface area (Å²) in [5.74, 6) is 0.654. The zero-order valence-corrected chi connectivity index (χ0v) is 16.2. The SMILES string of the molecule is CCCN(Cc1nnc(-c2ccccc2Cl)o1)C(=O)Cc1ccc(Cl)nc1. The van der Waals surface area contributed by atoms with Gasteiger partial charge in [0, 0.05) is 12.7 Å². The molecule has 0 fully saturated rings. The number of halogens is 2. The van der Waals surface area contributed by atoms with Gasteiger partial charge in [0.25, 0.3) is 0 Å². The van der Waals surface area contributed by atoms with Crippen LogP contribution in [-0.4, -0.2) is 32.5 Å². The maximum atomic E-state index is 12.7. The summed E-state index contributed by atoms with van der Waals surface area (Å²) in [6, 6.07) is 10.7. The fourth-order valence-corrected chi connectivity index (χ4v) is 2.91. The molecule has 2 aromatic heterocycles. The molecule has 0 aliphatic carbocycles. The molecule has 0 saturated carbocycles. The van der Waals surface area contributed by atoms with Crippen molar-refractivity contribution in [2.75, 3.05) is 6.54 Å². The molecule has 0 N–H and O–H groups in total. The van der Waals surface area contributed by atoms with Gasteiger partial charge in [0.1, 0.15) is 5.15 Å². The van der Waals surface area contributed by atoms with Crippen molar-refractivity contribution in [3.8, 4) is 11.5 Å². The van der Waals surface area contributed by atoms with Crippen molar-refractivity contribution in [1.29, 1.82) is 0 Å². The van der Waals surface area contributed by atoms with Crippen LogP contribution in [0.25, 0.3) is 11.5 Å². The number of amides is 1. The van der Waals surface area contributed by atoms with E-state index in [9.17, 15) is 4.79 Å². The van der Waals surface area contributed by atoms with Crippen LogP contribution in [0.5, 0.6) is 0 Å². The van der Waals surface area contributed by atoms with Crippen LogP contribution in [0.1, 0.15) is 24.8 Å². The van der Waals surface area contributed by atoms with E-state index in [0.29, 0.717) is 34.1 Å². The molecule has 6 nitrogen and oxygen atoms in total. The first-order valence-electron chi connectivity index (χ1n) is 8.52. The van der Waals surface area contributed by atoms with Crippen molar-refractivity contribution < 1.29 is 9.21 Å². The average molecular weight is 405 g/mol. The van der Waals surface area contributed by atoms with Crippen LogP contribution >= 0.6 is 23.2 Å². The van der Waals surface area contributed by atoms with Crippen molar-refractivity contribution in [3.63, 3.8) is 0 Å². The average Bonchev–Trinajstić information content (AvgIpc) is 3.12. The minimum absolute atomic E-state index is 0.0431. The van der Waals surface area contributed by atoms with E-state index < -0.39 is 0 Å². The molecule has 3 aromatic rings. The maximum Gasteiger partial charge on any atom is 0.249 e. The number of pyridine rings is 1. The molecule has 0 saturated heterocycles. The summed E-state index contributed by atoms with van der Waals surface area (Å²) in [7, 11) is 0. The topological polar surface area (TPSA) is 72.1 Å². The Hall–Kier alpha value is -2.44. The van der Waals surface area contributed by atoms with Gasteiger partial charge in [-0.3, -0.25) is 4.79 Å². The predicted octanol–water partition coefficient (Wildman–Crippen LogP) is 4.42. The van der Waals surface area contributed by atoms with Crippen molar-refractivity contribution in [2.24, 2.45) is 0 Å². The third-order valence-electron chi connectivity index (χ3n) is 3.89. The highest BCUT2D eigenvalue weighted by Crippen LogP contribution is 2.26. The van der Waals surface area contributed by atoms with Crippen LogP contribution in [0.3, 0.4) is 0 Å². The van der Waals surface area contributed by atoms with Crippen molar-refractivity contribution >= 4 is 29.1 Å². The molecule has 140 valence electrons. The third-order valence-corrected chi connectivity index (χ3v) is 4.44. The lowest BCUT2D eigenvalue weighted by Gasteiger charge is -2.20. The molecule has 8 heteroatoms. The number of hydrogen-bond acceptors (Lipinski definition) is 5. The van der Waals surface area contributed by atoms with E-state index in [1.165, 1.54) is 0 Å². The van der Waals surface area contributed by atoms with E-state index in [2.05, 4.69) is 15.2 Å². The first-order valence-corrected chi connectivity index (χ1v) is 9.28. The lowest BCUT2D eigenvalue weighted by atomic mass is 10.2. The molecule has 0 spiro atoms. The van der Waals surface area contributed by atoms with Crippen LogP contribution in [0, 0.1) is 0 Å². The lowest BCUT2D eigenvalue weighted by Crippen LogP contribution is -2.32. The monoisotopic (exact) mass is 404 g/mol. The Kier molecular flexibility index (Phi) is 6.42. The summed E-state index contributed by atoms with van der Waals surface area (Å²) in [5.41, 5.74) is 1.46. The second-order valence-electron chi connectivity index (χ2n) is 5.96. The van der Waals surface area contributed by atoms with Gasteiger partial charge >= 0.3 is 0 Å². The zero-order valence-electron chi connectivity index (χ0n) is 14.7. The standard InChI is InChI=1S/C19H18Cl2N4O2/c1-2-9-25(18(26)10-13-7-8-16(21)22-11-13)12-17-23-24-19(27-17)14-5-3-4-6-15(14)20/h3-8,11H,2,9-10,12H2,1H3. The van der Waals surface area contributed by atoms with Gasteiger partial charge in [0.15, 0.2) is 0 Å². The smallest absolute Gasteiger partial charge is 0.249 e. The van der Waals surface area contributed by atoms with E-state index in [1.54, 1.807) is 29.3 Å². The highest BCUT2D eigenvalue weighted by molar-refractivity contribution is 6.33. The largest absolute Gasteiger partial charge is 0.419 e. The number of nitrogens with zero attached hydrogens (tertiary/aromatic N) is 4. The van der Waals surface area contributed by atoms with Crippen LogP contribution in [0.4, 0.5) is 0 Å². The Morgan fingerprint density at radius 1 is 1.15 bits per heavy atom. The number of rotatable bonds is 7. The van der Waals surface area contributed by atoms with Crippen molar-refractivity contribution in [1.82, 2.24) is 20.1 Å². The minimum Gasteiger partial charge on any atom is -0.419 e. The fourth-order valence-electron chi connectivity index (χ4n) is 2.58. The lowest BCUT2D eigenvalue weighted by molar-refractivity contribution is -0.131. The van der Waals surface area contributed by atoms with Gasteiger partial charge in [-0.25, -0.2) is 4.98 Å². The van der Waals surface area contributed by atoms with Crippen LogP contribution in [0.15, 0.2) is 47.0 Å². The molecule has 0 atom stereocenters. The van der Waals surface area contributed by atoms with Gasteiger partial charge < -0.3 is 9.32 Å². The highest BCUT2D eigenvalue weighted by atomic mass is 35.5. The Balaban J connectivity index is 1.71. The quantitative estimate of drug-likeness (QED) is 0.544. The van der Waals surface area contributed by atoms with Crippen LogP contribution in [0.2, 0.25) is 10.2 Å². The predicted molar refractivity (Wildman–Crippen MR) is 103 cm³/mol. The molecule has 3 rings (SSSR count). The van der Waals surface area contributed by atoms with E-state index in [4.69, 9.17) is 27.6 Å². The van der Waals surface area contributed by atoms with Gasteiger partial charge in [0.2, 0.25) is 17.7 Å². The molecule has 1 amide bonds. The molecule has 0 radical (unpaired) electrons. The van der Waals surface area contributed by atoms with E-state index in [-0.39, 0.29) is 18.9 Å². The number of aromatic nitrogens is 3. The maximum absolute atomic E-state index is 12.7. The second-order valence-corrected chi connectivity index (χ2v) is 6.76. The van der Waals surface area contributed by atoms with Crippen molar-refractivity contribution in [3.05, 3.63) is 64.2 Å². The highest BCUT2D eigenvalue weighted by Gasteiger charge is 2.18. The normalized spacial score (nSPS) is 10.8. The summed E-state index contributed by atoms with van der Waals surface area (Å²) < 4.78 is 5.71. The molecule has 1 aromatic carbocycles. The van der Waals surface area contributed by atoms with Gasteiger partial charge in [-0.05, 0) is 30.2 Å². The summed E-state index contributed by atoms with van der Waals surface area (Å²) in [6.45, 7) is 2.84. The Bertz CT molecular complexity index is 912. The number of carbonyl (C=O) groups excluding carboxylic acids is 1. The fraction of sp³-hybridized carbons (Fsp3) is 0.263. The Morgan fingerprint density at radius 3 is 2.67 bits per heavy atom. The minimum atomic E-state index is -0.0431. The van der Waals surface area contributed by atoms with Gasteiger partial charge in [-0.2, -0.15) is 0 Å². The van der Waals surface area contributed by atoms with Crippen LogP contribution in [-0.2, 0) is 17.8 Å². The molecule has 0 aliphatic heterocycles. The summed E-state index contributed by atoms with van der Waals surface area (Å²) in [4.78, 5) is 18.4. The zero-order chi connectivity index (χ0) is 19.2. The van der Waals surface area contributed by atoms with Crippen LogP contribution < -0.4 is 0 Å². The van der Waals surface area contributed by atoms with E-state index in [1.807, 2.05) is 25.1 Å². The molecule has 0 bridgehead atoms. The molecule has 2 heterocycles. The molecular formula is C19H18Cl2N4O2.